The first kappa shape index (κ1) is 16.9. The van der Waals surface area contributed by atoms with Crippen molar-refractivity contribution in [1.29, 1.82) is 0 Å². The Morgan fingerprint density at radius 2 is 1.65 bits per heavy atom. The van der Waals surface area contributed by atoms with Gasteiger partial charge in [-0.3, -0.25) is 4.90 Å². The summed E-state index contributed by atoms with van der Waals surface area (Å²) in [4.78, 5) is 2.52. The summed E-state index contributed by atoms with van der Waals surface area (Å²) in [6.07, 6.45) is 3.72. The first-order chi connectivity index (χ1) is 7.60. The molecule has 0 radical (unpaired) electrons. The van der Waals surface area contributed by atoms with Gasteiger partial charge in [0.25, 0.3) is 0 Å². The van der Waals surface area contributed by atoms with E-state index in [1.165, 1.54) is 19.3 Å². The second-order valence-electron chi connectivity index (χ2n) is 6.94. The predicted octanol–water partition coefficient (Wildman–Crippen LogP) is 3.66. The van der Waals surface area contributed by atoms with Crippen LogP contribution in [0.3, 0.4) is 0 Å². The lowest BCUT2D eigenvalue weighted by atomic mass is 9.96. The van der Waals surface area contributed by atoms with Crippen molar-refractivity contribution in [1.82, 2.24) is 10.2 Å². The molecule has 0 saturated heterocycles. The lowest BCUT2D eigenvalue weighted by molar-refractivity contribution is 0.0995. The zero-order valence-corrected chi connectivity index (χ0v) is 13.4. The quantitative estimate of drug-likeness (QED) is 0.685. The number of hydrogen-bond acceptors (Lipinski definition) is 2. The molecule has 0 heterocycles. The molecule has 1 unspecified atom stereocenters. The summed E-state index contributed by atoms with van der Waals surface area (Å²) in [5.74, 6) is 0. The van der Waals surface area contributed by atoms with Crippen LogP contribution in [0.25, 0.3) is 0 Å². The van der Waals surface area contributed by atoms with Crippen molar-refractivity contribution in [3.05, 3.63) is 0 Å². The topological polar surface area (TPSA) is 15.3 Å². The summed E-state index contributed by atoms with van der Waals surface area (Å²) in [5, 5.41) is 3.55. The van der Waals surface area contributed by atoms with E-state index in [1.54, 1.807) is 0 Å². The lowest BCUT2D eigenvalue weighted by Gasteiger charge is -2.39. The van der Waals surface area contributed by atoms with Gasteiger partial charge in [0.15, 0.2) is 0 Å². The Bertz CT molecular complexity index is 203. The fourth-order valence-electron chi connectivity index (χ4n) is 1.90. The first-order valence-corrected chi connectivity index (χ1v) is 7.08. The van der Waals surface area contributed by atoms with E-state index in [-0.39, 0.29) is 5.54 Å². The van der Waals surface area contributed by atoms with Crippen LogP contribution in [0.2, 0.25) is 0 Å². The average Bonchev–Trinajstić information content (AvgIpc) is 2.21. The van der Waals surface area contributed by atoms with E-state index < -0.39 is 0 Å². The zero-order valence-electron chi connectivity index (χ0n) is 13.4. The smallest absolute Gasteiger partial charge is 0.0150 e. The van der Waals surface area contributed by atoms with Crippen LogP contribution in [0.1, 0.15) is 67.7 Å². The molecule has 1 N–H and O–H groups in total. The maximum atomic E-state index is 3.55. The van der Waals surface area contributed by atoms with Crippen LogP contribution in [0.5, 0.6) is 0 Å². The number of nitrogens with one attached hydrogen (secondary N) is 1. The van der Waals surface area contributed by atoms with Gasteiger partial charge in [-0.2, -0.15) is 0 Å². The van der Waals surface area contributed by atoms with Crippen molar-refractivity contribution in [3.8, 4) is 0 Å². The summed E-state index contributed by atoms with van der Waals surface area (Å²) < 4.78 is 0. The van der Waals surface area contributed by atoms with Gasteiger partial charge in [-0.25, -0.2) is 0 Å². The number of rotatable bonds is 7. The molecular weight excluding hydrogens is 208 g/mol. The number of hydrogen-bond donors (Lipinski definition) is 1. The van der Waals surface area contributed by atoms with Crippen LogP contribution in [0.15, 0.2) is 0 Å². The summed E-state index contributed by atoms with van der Waals surface area (Å²) in [6.45, 7) is 17.1. The standard InChI is InChI=1S/C15H34N2/c1-9-15(6,7)17(8)13(2)11-10-12-16-14(3,4)5/h13,16H,9-12H2,1-8H3. The van der Waals surface area contributed by atoms with Gasteiger partial charge in [-0.05, 0) is 74.4 Å². The summed E-state index contributed by atoms with van der Waals surface area (Å²) in [5.41, 5.74) is 0.564. The molecule has 0 aliphatic carbocycles. The Hall–Kier alpha value is -0.0800. The van der Waals surface area contributed by atoms with Crippen molar-refractivity contribution in [2.45, 2.75) is 84.8 Å². The highest BCUT2D eigenvalue weighted by Gasteiger charge is 2.24. The van der Waals surface area contributed by atoms with Gasteiger partial charge in [0, 0.05) is 17.1 Å². The van der Waals surface area contributed by atoms with Crippen molar-refractivity contribution < 1.29 is 0 Å². The third-order valence-corrected chi connectivity index (χ3v) is 3.94. The highest BCUT2D eigenvalue weighted by atomic mass is 15.2. The molecule has 0 rings (SSSR count). The molecule has 0 aromatic rings. The summed E-state index contributed by atoms with van der Waals surface area (Å²) >= 11 is 0. The maximum absolute atomic E-state index is 3.55. The van der Waals surface area contributed by atoms with Crippen LogP contribution in [-0.2, 0) is 0 Å². The molecule has 1 atom stereocenters. The second kappa shape index (κ2) is 6.75. The lowest BCUT2D eigenvalue weighted by Crippen LogP contribution is -2.46. The molecule has 104 valence electrons. The van der Waals surface area contributed by atoms with Crippen molar-refractivity contribution >= 4 is 0 Å². The third kappa shape index (κ3) is 7.05. The average molecular weight is 242 g/mol. The minimum Gasteiger partial charge on any atom is -0.312 e. The van der Waals surface area contributed by atoms with E-state index in [0.717, 1.165) is 6.54 Å². The Morgan fingerprint density at radius 3 is 2.06 bits per heavy atom. The molecule has 0 bridgehead atoms. The Labute approximate surface area is 109 Å². The van der Waals surface area contributed by atoms with Crippen LogP contribution in [0.4, 0.5) is 0 Å². The van der Waals surface area contributed by atoms with E-state index in [9.17, 15) is 0 Å². The molecular formula is C15H34N2. The molecule has 0 aromatic heterocycles. The highest BCUT2D eigenvalue weighted by Crippen LogP contribution is 2.21. The van der Waals surface area contributed by atoms with Crippen molar-refractivity contribution in [3.63, 3.8) is 0 Å². The summed E-state index contributed by atoms with van der Waals surface area (Å²) in [6, 6.07) is 0.659. The van der Waals surface area contributed by atoms with Crippen LogP contribution >= 0.6 is 0 Å². The monoisotopic (exact) mass is 242 g/mol. The van der Waals surface area contributed by atoms with Gasteiger partial charge in [0.1, 0.15) is 0 Å². The van der Waals surface area contributed by atoms with Crippen molar-refractivity contribution in [2.75, 3.05) is 13.6 Å². The summed E-state index contributed by atoms with van der Waals surface area (Å²) in [7, 11) is 2.26. The highest BCUT2D eigenvalue weighted by molar-refractivity contribution is 4.81. The fourth-order valence-corrected chi connectivity index (χ4v) is 1.90. The molecule has 0 spiro atoms. The van der Waals surface area contributed by atoms with Crippen LogP contribution in [0, 0.1) is 0 Å². The zero-order chi connectivity index (χ0) is 13.7. The molecule has 0 fully saturated rings. The van der Waals surface area contributed by atoms with E-state index in [0.29, 0.717) is 11.6 Å². The predicted molar refractivity (Wildman–Crippen MR) is 78.6 cm³/mol. The molecule has 0 aliphatic heterocycles. The van der Waals surface area contributed by atoms with E-state index in [4.69, 9.17) is 0 Å². The van der Waals surface area contributed by atoms with Gasteiger partial charge in [-0.15, -0.1) is 0 Å². The van der Waals surface area contributed by atoms with E-state index in [2.05, 4.69) is 65.7 Å². The number of nitrogens with zero attached hydrogens (tertiary/aromatic N) is 1. The fraction of sp³-hybridized carbons (Fsp3) is 1.00. The third-order valence-electron chi connectivity index (χ3n) is 3.94. The van der Waals surface area contributed by atoms with Gasteiger partial charge in [-0.1, -0.05) is 6.92 Å². The minimum absolute atomic E-state index is 0.248. The van der Waals surface area contributed by atoms with Crippen LogP contribution in [-0.4, -0.2) is 35.6 Å². The Balaban J connectivity index is 3.91. The molecule has 0 aromatic carbocycles. The molecule has 0 amide bonds. The van der Waals surface area contributed by atoms with Gasteiger partial charge in [0.2, 0.25) is 0 Å². The maximum Gasteiger partial charge on any atom is 0.0150 e. The molecule has 0 saturated carbocycles. The minimum atomic E-state index is 0.248. The van der Waals surface area contributed by atoms with Gasteiger partial charge < -0.3 is 5.32 Å². The normalized spacial score (nSPS) is 15.4. The second-order valence-corrected chi connectivity index (χ2v) is 6.94. The van der Waals surface area contributed by atoms with Gasteiger partial charge in [0.05, 0.1) is 0 Å². The SMILES string of the molecule is CCC(C)(C)N(C)C(C)CCCNC(C)(C)C. The molecule has 17 heavy (non-hydrogen) atoms. The molecule has 2 nitrogen and oxygen atoms in total. The Kier molecular flexibility index (Phi) is 6.71. The van der Waals surface area contributed by atoms with E-state index >= 15 is 0 Å². The first-order valence-electron chi connectivity index (χ1n) is 7.08. The van der Waals surface area contributed by atoms with Gasteiger partial charge >= 0.3 is 0 Å². The molecule has 0 aliphatic rings. The Morgan fingerprint density at radius 1 is 1.12 bits per heavy atom. The van der Waals surface area contributed by atoms with E-state index in [1.807, 2.05) is 0 Å². The molecule has 2 heteroatoms. The van der Waals surface area contributed by atoms with Crippen LogP contribution < -0.4 is 5.32 Å². The van der Waals surface area contributed by atoms with Crippen molar-refractivity contribution in [2.24, 2.45) is 0 Å². The largest absolute Gasteiger partial charge is 0.312 e.